The van der Waals surface area contributed by atoms with E-state index in [2.05, 4.69) is 25.6 Å². The van der Waals surface area contributed by atoms with Crippen LogP contribution < -0.4 is 10.6 Å². The van der Waals surface area contributed by atoms with Gasteiger partial charge >= 0.3 is 12.2 Å². The van der Waals surface area contributed by atoms with Gasteiger partial charge in [0.15, 0.2) is 0 Å². The van der Waals surface area contributed by atoms with Crippen LogP contribution >= 0.6 is 24.8 Å². The van der Waals surface area contributed by atoms with Crippen LogP contribution in [0, 0.1) is 11.7 Å². The average molecular weight is 940 g/mol. The topological polar surface area (TPSA) is 175 Å². The highest BCUT2D eigenvalue weighted by molar-refractivity contribution is 5.89. The summed E-state index contributed by atoms with van der Waals surface area (Å²) in [6.45, 7) is 4.76. The fourth-order valence-corrected chi connectivity index (χ4v) is 8.81. The molecule has 4 N–H and O–H groups in total. The number of likely N-dealkylation sites (tertiary alicyclic amines) is 2. The standard InChI is InChI=1S/C49H51FN8O6.2ClH/c1-29(2)42(55-48(61)63-3)46(59)57-23-11-17-39(57)45-52-28-38(54-45)34-25-35(30-13-7-5-8-14-30)41(36(50)26-34)32-21-19-31(20-22-32)37-27-51-44(53-37)40-18-12-24-58(40)47(60)43(56-49(62)64-4)33-15-9-6-10-16-33;;/h5-10,13-16,19-22,25-29,39-40,42-43H,11-12,17-18,23-24H2,1-4H3,(H,51,53)(H,52,54)(H,55,61)(H,56,62);2*1H/t39-,40-,42-,43+;;/m0../s1. The Hall–Kier alpha value is -6.71. The number of rotatable bonds is 12. The Bertz CT molecular complexity index is 2630. The van der Waals surface area contributed by atoms with Crippen molar-refractivity contribution in [3.05, 3.63) is 132 Å². The number of amides is 4. The SMILES string of the molecule is COC(=O)N[C@H](C(=O)N1CCC[C@H]1c1ncc(-c2cc(F)c(-c3ccc(-c4cnc([C@@H]5CCCN5C(=O)[C@H](NC(=O)OC)c5ccccc5)[nH]4)cc3)c(-c3ccccc3)c2)[nH]1)C(C)C.Cl.Cl. The summed E-state index contributed by atoms with van der Waals surface area (Å²) >= 11 is 0. The number of aromatic amines is 2. The second-order valence-electron chi connectivity index (χ2n) is 16.4. The lowest BCUT2D eigenvalue weighted by Crippen LogP contribution is -2.51. The number of H-pyrrole nitrogens is 2. The molecule has 66 heavy (non-hydrogen) atoms. The molecule has 14 nitrogen and oxygen atoms in total. The first kappa shape index (κ1) is 48.7. The highest BCUT2D eigenvalue weighted by Crippen LogP contribution is 2.40. The molecule has 4 aromatic carbocycles. The van der Waals surface area contributed by atoms with Crippen molar-refractivity contribution in [3.8, 4) is 44.8 Å². The van der Waals surface area contributed by atoms with Crippen LogP contribution in [0.15, 0.2) is 109 Å². The molecule has 0 aliphatic carbocycles. The van der Waals surface area contributed by atoms with Crippen LogP contribution in [-0.2, 0) is 19.1 Å². The summed E-state index contributed by atoms with van der Waals surface area (Å²) in [4.78, 5) is 71.8. The molecule has 2 aromatic heterocycles. The lowest BCUT2D eigenvalue weighted by Gasteiger charge is -2.30. The number of alkyl carbamates (subject to hydrolysis) is 2. The molecule has 2 aliphatic heterocycles. The summed E-state index contributed by atoms with van der Waals surface area (Å²) in [6.07, 6.45) is 4.96. The average Bonchev–Trinajstić information content (AvgIpc) is 4.17. The maximum Gasteiger partial charge on any atom is 0.407 e. The lowest BCUT2D eigenvalue weighted by molar-refractivity contribution is -0.135. The molecule has 0 unspecified atom stereocenters. The highest BCUT2D eigenvalue weighted by atomic mass is 35.5. The Balaban J connectivity index is 0.00000360. The molecule has 6 aromatic rings. The van der Waals surface area contributed by atoms with Gasteiger partial charge in [-0.15, -0.1) is 24.8 Å². The number of hydrogen-bond acceptors (Lipinski definition) is 8. The molecule has 2 aliphatic rings. The van der Waals surface area contributed by atoms with E-state index in [1.165, 1.54) is 20.3 Å². The van der Waals surface area contributed by atoms with E-state index in [1.807, 2.05) is 92.7 Å². The molecule has 0 spiro atoms. The van der Waals surface area contributed by atoms with Gasteiger partial charge < -0.3 is 39.9 Å². The number of nitrogens with zero attached hydrogens (tertiary/aromatic N) is 4. The van der Waals surface area contributed by atoms with E-state index in [1.54, 1.807) is 34.3 Å². The molecular formula is C49H53Cl2FN8O6. The first-order chi connectivity index (χ1) is 31.0. The van der Waals surface area contributed by atoms with E-state index in [4.69, 9.17) is 14.5 Å². The van der Waals surface area contributed by atoms with E-state index in [9.17, 15) is 19.2 Å². The maximum atomic E-state index is 16.7. The van der Waals surface area contributed by atoms with Gasteiger partial charge in [-0.25, -0.2) is 23.9 Å². The van der Waals surface area contributed by atoms with Crippen LogP contribution in [0.5, 0.6) is 0 Å². The molecule has 0 radical (unpaired) electrons. The first-order valence-electron chi connectivity index (χ1n) is 21.5. The van der Waals surface area contributed by atoms with Crippen molar-refractivity contribution >= 4 is 48.8 Å². The third-order valence-corrected chi connectivity index (χ3v) is 12.1. The van der Waals surface area contributed by atoms with Crippen LogP contribution in [0.25, 0.3) is 44.8 Å². The quantitative estimate of drug-likeness (QED) is 0.0939. The Kier molecular flexibility index (Phi) is 15.9. The number of halogens is 3. The third-order valence-electron chi connectivity index (χ3n) is 12.1. The molecule has 4 heterocycles. The minimum absolute atomic E-state index is 0. The van der Waals surface area contributed by atoms with Gasteiger partial charge in [0.2, 0.25) is 5.91 Å². The van der Waals surface area contributed by atoms with Crippen LogP contribution in [0.2, 0.25) is 0 Å². The predicted octanol–water partition coefficient (Wildman–Crippen LogP) is 9.59. The lowest BCUT2D eigenvalue weighted by atomic mass is 9.91. The first-order valence-corrected chi connectivity index (χ1v) is 21.5. The summed E-state index contributed by atoms with van der Waals surface area (Å²) in [7, 11) is 2.53. The smallest absolute Gasteiger partial charge is 0.407 e. The van der Waals surface area contributed by atoms with E-state index in [-0.39, 0.29) is 54.6 Å². The molecular weight excluding hydrogens is 886 g/mol. The van der Waals surface area contributed by atoms with E-state index >= 15 is 4.39 Å². The van der Waals surface area contributed by atoms with Crippen molar-refractivity contribution in [1.29, 1.82) is 0 Å². The third kappa shape index (κ3) is 10.2. The molecule has 8 rings (SSSR count). The van der Waals surface area contributed by atoms with E-state index < -0.39 is 30.1 Å². The van der Waals surface area contributed by atoms with Gasteiger partial charge in [0.25, 0.3) is 5.91 Å². The number of nitrogens with one attached hydrogen (secondary N) is 4. The van der Waals surface area contributed by atoms with E-state index in [0.29, 0.717) is 71.1 Å². The number of ether oxygens (including phenoxy) is 2. The minimum Gasteiger partial charge on any atom is -0.453 e. The zero-order valence-electron chi connectivity index (χ0n) is 37.0. The molecule has 2 fully saturated rings. The molecule has 0 saturated carbocycles. The summed E-state index contributed by atoms with van der Waals surface area (Å²) in [5, 5.41) is 5.38. The number of imidazole rings is 2. The van der Waals surface area contributed by atoms with Gasteiger partial charge in [0.1, 0.15) is 29.5 Å². The van der Waals surface area contributed by atoms with Crippen LogP contribution in [0.1, 0.15) is 74.9 Å². The number of carbonyl (C=O) groups is 4. The summed E-state index contributed by atoms with van der Waals surface area (Å²) in [5.74, 6) is 0.166. The zero-order valence-corrected chi connectivity index (χ0v) is 38.6. The van der Waals surface area contributed by atoms with Crippen molar-refractivity contribution in [3.63, 3.8) is 0 Å². The molecule has 2 saturated heterocycles. The fourth-order valence-electron chi connectivity index (χ4n) is 8.81. The monoisotopic (exact) mass is 938 g/mol. The van der Waals surface area contributed by atoms with Crippen molar-refractivity contribution in [2.24, 2.45) is 5.92 Å². The van der Waals surface area contributed by atoms with E-state index in [0.717, 1.165) is 29.7 Å². The predicted molar refractivity (Wildman–Crippen MR) is 253 cm³/mol. The van der Waals surface area contributed by atoms with Gasteiger partial charge in [-0.05, 0) is 71.6 Å². The normalized spacial score (nSPS) is 16.5. The Labute approximate surface area is 394 Å². The molecule has 4 amide bonds. The number of carbonyl (C=O) groups excluding carboxylic acids is 4. The molecule has 17 heteroatoms. The number of aromatic nitrogens is 4. The Morgan fingerprint density at radius 2 is 1.18 bits per heavy atom. The second kappa shape index (κ2) is 21.5. The fraction of sp³-hybridized carbons (Fsp3) is 0.306. The largest absolute Gasteiger partial charge is 0.453 e. The molecule has 346 valence electrons. The van der Waals surface area contributed by atoms with Crippen LogP contribution in [0.4, 0.5) is 14.0 Å². The maximum absolute atomic E-state index is 16.7. The highest BCUT2D eigenvalue weighted by Gasteiger charge is 2.39. The number of methoxy groups -OCH3 is 2. The zero-order chi connectivity index (χ0) is 44.9. The Morgan fingerprint density at radius 3 is 1.74 bits per heavy atom. The van der Waals surface area contributed by atoms with Gasteiger partial charge in [0.05, 0.1) is 50.1 Å². The van der Waals surface area contributed by atoms with Crippen molar-refractivity contribution < 1.29 is 33.0 Å². The second-order valence-corrected chi connectivity index (χ2v) is 16.4. The van der Waals surface area contributed by atoms with Crippen molar-refractivity contribution in [2.45, 2.75) is 63.7 Å². The van der Waals surface area contributed by atoms with Crippen LogP contribution in [-0.4, -0.2) is 87.1 Å². The van der Waals surface area contributed by atoms with Crippen molar-refractivity contribution in [2.75, 3.05) is 27.3 Å². The summed E-state index contributed by atoms with van der Waals surface area (Å²) in [6, 6.07) is 27.4. The summed E-state index contributed by atoms with van der Waals surface area (Å²) < 4.78 is 26.3. The molecule has 4 atom stereocenters. The Morgan fingerprint density at radius 1 is 0.667 bits per heavy atom. The summed E-state index contributed by atoms with van der Waals surface area (Å²) in [5.41, 5.74) is 6.05. The minimum atomic E-state index is -0.926. The van der Waals surface area contributed by atoms with Gasteiger partial charge in [-0.1, -0.05) is 98.8 Å². The van der Waals surface area contributed by atoms with Crippen molar-refractivity contribution in [1.82, 2.24) is 40.4 Å². The number of hydrogen-bond donors (Lipinski definition) is 4. The van der Waals surface area contributed by atoms with Gasteiger partial charge in [-0.3, -0.25) is 9.59 Å². The van der Waals surface area contributed by atoms with Crippen LogP contribution in [0.3, 0.4) is 0 Å². The van der Waals surface area contributed by atoms with Gasteiger partial charge in [0, 0.05) is 24.2 Å². The molecule has 0 bridgehead atoms. The number of benzene rings is 4. The van der Waals surface area contributed by atoms with Gasteiger partial charge in [-0.2, -0.15) is 0 Å².